The van der Waals surface area contributed by atoms with Crippen LogP contribution in [0.15, 0.2) is 12.3 Å². The number of methoxy groups -OCH3 is 1. The van der Waals surface area contributed by atoms with E-state index in [4.69, 9.17) is 4.74 Å². The highest BCUT2D eigenvalue weighted by molar-refractivity contribution is 5.83. The Bertz CT molecular complexity index is 439. The minimum absolute atomic E-state index is 0.199. The third kappa shape index (κ3) is 2.24. The van der Waals surface area contributed by atoms with Crippen molar-refractivity contribution in [3.8, 4) is 0 Å². The molecule has 0 N–H and O–H groups in total. The van der Waals surface area contributed by atoms with Gasteiger partial charge in [-0.15, -0.1) is 0 Å². The van der Waals surface area contributed by atoms with Crippen molar-refractivity contribution in [2.24, 2.45) is 5.92 Å². The maximum absolute atomic E-state index is 11.9. The van der Waals surface area contributed by atoms with Crippen molar-refractivity contribution in [1.82, 2.24) is 9.97 Å². The Balaban J connectivity index is 2.29. The van der Waals surface area contributed by atoms with Gasteiger partial charge in [-0.1, -0.05) is 20.3 Å². The van der Waals surface area contributed by atoms with E-state index >= 15 is 0 Å². The van der Waals surface area contributed by atoms with E-state index in [-0.39, 0.29) is 5.97 Å². The number of aromatic nitrogens is 2. The molecule has 0 bridgehead atoms. The molecule has 1 saturated carbocycles. The zero-order chi connectivity index (χ0) is 13.2. The van der Waals surface area contributed by atoms with Gasteiger partial charge in [-0.2, -0.15) is 0 Å². The van der Waals surface area contributed by atoms with Crippen LogP contribution in [0.5, 0.6) is 0 Å². The molecule has 1 aliphatic carbocycles. The van der Waals surface area contributed by atoms with Gasteiger partial charge in [0.1, 0.15) is 11.2 Å². The number of carbonyl (C=O) groups excluding carboxylic acids is 1. The van der Waals surface area contributed by atoms with E-state index in [0.29, 0.717) is 11.7 Å². The Morgan fingerprint density at radius 3 is 2.72 bits per heavy atom. The van der Waals surface area contributed by atoms with Crippen molar-refractivity contribution in [2.45, 2.75) is 44.9 Å². The van der Waals surface area contributed by atoms with E-state index in [0.717, 1.165) is 31.4 Å². The molecule has 2 rings (SSSR count). The molecule has 0 atom stereocenters. The van der Waals surface area contributed by atoms with Gasteiger partial charge in [0.2, 0.25) is 0 Å². The van der Waals surface area contributed by atoms with Crippen LogP contribution in [0.1, 0.15) is 44.6 Å². The van der Waals surface area contributed by atoms with Crippen LogP contribution < -0.4 is 0 Å². The van der Waals surface area contributed by atoms with Gasteiger partial charge < -0.3 is 4.74 Å². The van der Waals surface area contributed by atoms with Crippen molar-refractivity contribution < 1.29 is 9.53 Å². The fraction of sp³-hybridized carbons (Fsp3) is 0.643. The minimum atomic E-state index is -0.582. The highest BCUT2D eigenvalue weighted by Crippen LogP contribution is 2.43. The van der Waals surface area contributed by atoms with Crippen LogP contribution in [0.3, 0.4) is 0 Å². The summed E-state index contributed by atoms with van der Waals surface area (Å²) in [7, 11) is 1.43. The van der Waals surface area contributed by atoms with Crippen molar-refractivity contribution in [1.29, 1.82) is 0 Å². The molecule has 0 spiro atoms. The Morgan fingerprint density at radius 1 is 1.50 bits per heavy atom. The molecule has 1 fully saturated rings. The molecular weight excluding hydrogens is 228 g/mol. The highest BCUT2D eigenvalue weighted by atomic mass is 16.5. The summed E-state index contributed by atoms with van der Waals surface area (Å²) in [5, 5.41) is 0. The Morgan fingerprint density at radius 2 is 2.22 bits per heavy atom. The largest absolute Gasteiger partial charge is 0.468 e. The Labute approximate surface area is 108 Å². The second-order valence-electron chi connectivity index (χ2n) is 5.40. The second kappa shape index (κ2) is 5.04. The van der Waals surface area contributed by atoms with Crippen LogP contribution in [0, 0.1) is 5.92 Å². The summed E-state index contributed by atoms with van der Waals surface area (Å²) in [6.45, 7) is 4.31. The first-order valence-electron chi connectivity index (χ1n) is 6.49. The third-order valence-electron chi connectivity index (χ3n) is 3.54. The topological polar surface area (TPSA) is 52.1 Å². The molecule has 1 heterocycles. The predicted octanol–water partition coefficient (Wildman–Crippen LogP) is 2.27. The standard InChI is InChI=1S/C14H20N2O2/c1-10(2)9-11-5-8-15-12(16-11)14(6-4-7-14)13(17)18-3/h5,8,10H,4,6-7,9H2,1-3H3. The van der Waals surface area contributed by atoms with E-state index < -0.39 is 5.41 Å². The number of rotatable bonds is 4. The molecular formula is C14H20N2O2. The zero-order valence-electron chi connectivity index (χ0n) is 11.3. The Kier molecular flexibility index (Phi) is 3.64. The van der Waals surface area contributed by atoms with Gasteiger partial charge >= 0.3 is 5.97 Å². The van der Waals surface area contributed by atoms with Gasteiger partial charge in [0.25, 0.3) is 0 Å². The zero-order valence-corrected chi connectivity index (χ0v) is 11.3. The molecule has 0 saturated heterocycles. The summed E-state index contributed by atoms with van der Waals surface area (Å²) >= 11 is 0. The van der Waals surface area contributed by atoms with Gasteiger partial charge in [-0.3, -0.25) is 4.79 Å². The Hall–Kier alpha value is -1.45. The molecule has 0 amide bonds. The van der Waals surface area contributed by atoms with Crippen molar-refractivity contribution >= 4 is 5.97 Å². The molecule has 1 aromatic rings. The normalized spacial score (nSPS) is 17.3. The first-order chi connectivity index (χ1) is 8.58. The highest BCUT2D eigenvalue weighted by Gasteiger charge is 2.49. The lowest BCUT2D eigenvalue weighted by Gasteiger charge is -2.37. The first-order valence-corrected chi connectivity index (χ1v) is 6.49. The maximum atomic E-state index is 11.9. The summed E-state index contributed by atoms with van der Waals surface area (Å²) in [4.78, 5) is 20.8. The number of hydrogen-bond acceptors (Lipinski definition) is 4. The average molecular weight is 248 g/mol. The van der Waals surface area contributed by atoms with Gasteiger partial charge in [0.15, 0.2) is 0 Å². The molecule has 0 aromatic carbocycles. The summed E-state index contributed by atoms with van der Waals surface area (Å²) in [5.74, 6) is 0.984. The molecule has 0 unspecified atom stereocenters. The fourth-order valence-electron chi connectivity index (χ4n) is 2.40. The molecule has 4 nitrogen and oxygen atoms in total. The summed E-state index contributed by atoms with van der Waals surface area (Å²) in [5.41, 5.74) is 0.423. The molecule has 1 aliphatic rings. The van der Waals surface area contributed by atoms with Gasteiger partial charge in [0.05, 0.1) is 7.11 Å². The number of carbonyl (C=O) groups is 1. The molecule has 4 heteroatoms. The third-order valence-corrected chi connectivity index (χ3v) is 3.54. The number of nitrogens with zero attached hydrogens (tertiary/aromatic N) is 2. The van der Waals surface area contributed by atoms with E-state index in [9.17, 15) is 4.79 Å². The number of hydrogen-bond donors (Lipinski definition) is 0. The predicted molar refractivity (Wildman–Crippen MR) is 68.1 cm³/mol. The van der Waals surface area contributed by atoms with Crippen molar-refractivity contribution in [3.63, 3.8) is 0 Å². The number of ether oxygens (including phenoxy) is 1. The van der Waals surface area contributed by atoms with E-state index in [1.165, 1.54) is 7.11 Å². The monoisotopic (exact) mass is 248 g/mol. The lowest BCUT2D eigenvalue weighted by atomic mass is 9.68. The molecule has 1 aromatic heterocycles. The van der Waals surface area contributed by atoms with Gasteiger partial charge in [0, 0.05) is 11.9 Å². The van der Waals surface area contributed by atoms with Crippen LogP contribution >= 0.6 is 0 Å². The van der Waals surface area contributed by atoms with E-state index in [2.05, 4.69) is 23.8 Å². The van der Waals surface area contributed by atoms with E-state index in [1.807, 2.05) is 6.07 Å². The van der Waals surface area contributed by atoms with E-state index in [1.54, 1.807) is 6.20 Å². The lowest BCUT2D eigenvalue weighted by Crippen LogP contribution is -2.44. The average Bonchev–Trinajstić information content (AvgIpc) is 2.27. The van der Waals surface area contributed by atoms with Crippen LogP contribution in [0.4, 0.5) is 0 Å². The smallest absolute Gasteiger partial charge is 0.319 e. The van der Waals surface area contributed by atoms with Crippen molar-refractivity contribution in [3.05, 3.63) is 23.8 Å². The molecule has 98 valence electrons. The molecule has 0 aliphatic heterocycles. The second-order valence-corrected chi connectivity index (χ2v) is 5.40. The molecule has 0 radical (unpaired) electrons. The van der Waals surface area contributed by atoms with Gasteiger partial charge in [-0.25, -0.2) is 9.97 Å². The lowest BCUT2D eigenvalue weighted by molar-refractivity contribution is -0.151. The van der Waals surface area contributed by atoms with Crippen LogP contribution in [0.25, 0.3) is 0 Å². The minimum Gasteiger partial charge on any atom is -0.468 e. The summed E-state index contributed by atoms with van der Waals surface area (Å²) in [6, 6.07) is 1.92. The SMILES string of the molecule is COC(=O)C1(c2nccc(CC(C)C)n2)CCC1. The van der Waals surface area contributed by atoms with Crippen LogP contribution in [-0.4, -0.2) is 23.0 Å². The van der Waals surface area contributed by atoms with Gasteiger partial charge in [-0.05, 0) is 31.2 Å². The van der Waals surface area contributed by atoms with Crippen LogP contribution in [0.2, 0.25) is 0 Å². The van der Waals surface area contributed by atoms with Crippen molar-refractivity contribution in [2.75, 3.05) is 7.11 Å². The summed E-state index contributed by atoms with van der Waals surface area (Å²) < 4.78 is 4.91. The maximum Gasteiger partial charge on any atom is 0.319 e. The molecule has 18 heavy (non-hydrogen) atoms. The quantitative estimate of drug-likeness (QED) is 0.767. The number of esters is 1. The van der Waals surface area contributed by atoms with Crippen LogP contribution in [-0.2, 0) is 21.4 Å². The first kappa shape index (κ1) is 13.0. The fourth-order valence-corrected chi connectivity index (χ4v) is 2.40. The summed E-state index contributed by atoms with van der Waals surface area (Å²) in [6.07, 6.45) is 5.29.